The molecule has 0 aliphatic carbocycles. The number of carbonyl (C=O) groups is 1. The van der Waals surface area contributed by atoms with Gasteiger partial charge >= 0.3 is 0 Å². The molecule has 30 heavy (non-hydrogen) atoms. The predicted octanol–water partition coefficient (Wildman–Crippen LogP) is 5.79. The maximum atomic E-state index is 13.3. The third-order valence-corrected chi connectivity index (χ3v) is 5.60. The van der Waals surface area contributed by atoms with E-state index in [9.17, 15) is 4.79 Å². The first kappa shape index (κ1) is 22.2. The van der Waals surface area contributed by atoms with Gasteiger partial charge in [-0.3, -0.25) is 14.5 Å². The Morgan fingerprint density at radius 2 is 1.83 bits per heavy atom. The average molecular weight is 443 g/mol. The van der Waals surface area contributed by atoms with Crippen molar-refractivity contribution in [1.29, 1.82) is 0 Å². The van der Waals surface area contributed by atoms with Crippen LogP contribution in [0.4, 0.5) is 0 Å². The van der Waals surface area contributed by atoms with Crippen LogP contribution in [0.1, 0.15) is 37.3 Å². The Kier molecular flexibility index (Phi) is 7.82. The topological polar surface area (TPSA) is 53.9 Å². The van der Waals surface area contributed by atoms with Crippen molar-refractivity contribution in [2.45, 2.75) is 46.2 Å². The molecule has 1 amide bonds. The molecule has 0 aliphatic heterocycles. The fourth-order valence-corrected chi connectivity index (χ4v) is 3.60. The van der Waals surface area contributed by atoms with Gasteiger partial charge in [0.1, 0.15) is 6.54 Å². The summed E-state index contributed by atoms with van der Waals surface area (Å²) >= 11 is 11.4. The first-order valence-corrected chi connectivity index (χ1v) is 11.0. The predicted molar refractivity (Wildman–Crippen MR) is 124 cm³/mol. The summed E-state index contributed by atoms with van der Waals surface area (Å²) in [4.78, 5) is 15.2. The van der Waals surface area contributed by atoms with Gasteiger partial charge in [-0.05, 0) is 43.3 Å². The smallest absolute Gasteiger partial charge is 0.242 e. The Labute approximate surface area is 187 Å². The van der Waals surface area contributed by atoms with Gasteiger partial charge in [0.05, 0.1) is 0 Å². The van der Waals surface area contributed by atoms with Crippen LogP contribution in [-0.2, 0) is 17.9 Å². The summed E-state index contributed by atoms with van der Waals surface area (Å²) in [6.45, 7) is 5.60. The molecular weight excluding hydrogens is 416 g/mol. The summed E-state index contributed by atoms with van der Waals surface area (Å²) < 4.78 is 2.22. The number of hydrogen-bond acceptors (Lipinski definition) is 3. The molecule has 1 aromatic heterocycles. The molecule has 0 bridgehead atoms. The fourth-order valence-electron chi connectivity index (χ4n) is 3.28. The first-order valence-electron chi connectivity index (χ1n) is 10.2. The van der Waals surface area contributed by atoms with Gasteiger partial charge in [-0.15, -0.1) is 0 Å². The van der Waals surface area contributed by atoms with Crippen molar-refractivity contribution in [2.75, 3.05) is 6.54 Å². The highest BCUT2D eigenvalue weighted by molar-refractivity contribution is 7.71. The fraction of sp³-hybridized carbons (Fsp3) is 0.348. The second kappa shape index (κ2) is 10.5. The lowest BCUT2D eigenvalue weighted by Gasteiger charge is -2.23. The highest BCUT2D eigenvalue weighted by Crippen LogP contribution is 2.19. The molecule has 0 saturated carbocycles. The molecule has 0 atom stereocenters. The van der Waals surface area contributed by atoms with Gasteiger partial charge in [-0.2, -0.15) is 5.10 Å². The summed E-state index contributed by atoms with van der Waals surface area (Å²) in [6, 6.07) is 15.7. The Bertz CT molecular complexity index is 1020. The molecule has 1 heterocycles. The summed E-state index contributed by atoms with van der Waals surface area (Å²) in [6.07, 6.45) is 3.16. The minimum absolute atomic E-state index is 0.0203. The standard InChI is InChI=1S/C23H27ClN4OS/c1-3-4-5-14-27(15-18-8-12-20(24)13-9-18)21(29)16-28-22(25-26-23(28)30)19-10-6-17(2)7-11-19/h6-13H,3-5,14-16H2,1-2H3,(H,26,30). The van der Waals surface area contributed by atoms with E-state index < -0.39 is 0 Å². The number of amides is 1. The van der Waals surface area contributed by atoms with Gasteiger partial charge in [0.15, 0.2) is 10.6 Å². The van der Waals surface area contributed by atoms with Crippen molar-refractivity contribution in [3.05, 3.63) is 69.5 Å². The largest absolute Gasteiger partial charge is 0.337 e. The lowest BCUT2D eigenvalue weighted by atomic mass is 10.1. The van der Waals surface area contributed by atoms with E-state index in [0.29, 0.717) is 28.7 Å². The maximum Gasteiger partial charge on any atom is 0.242 e. The normalized spacial score (nSPS) is 10.9. The van der Waals surface area contributed by atoms with Gasteiger partial charge in [-0.25, -0.2) is 0 Å². The highest BCUT2D eigenvalue weighted by Gasteiger charge is 2.18. The van der Waals surface area contributed by atoms with Crippen molar-refractivity contribution < 1.29 is 4.79 Å². The van der Waals surface area contributed by atoms with Crippen molar-refractivity contribution in [3.63, 3.8) is 0 Å². The van der Waals surface area contributed by atoms with E-state index in [0.717, 1.165) is 30.4 Å². The van der Waals surface area contributed by atoms with Crippen LogP contribution in [0, 0.1) is 11.7 Å². The van der Waals surface area contributed by atoms with Gasteiger partial charge in [0, 0.05) is 23.7 Å². The summed E-state index contributed by atoms with van der Waals surface area (Å²) in [5, 5.41) is 7.88. The molecule has 5 nitrogen and oxygen atoms in total. The number of benzene rings is 2. The van der Waals surface area contributed by atoms with Crippen LogP contribution in [0.3, 0.4) is 0 Å². The number of aromatic nitrogens is 3. The molecule has 158 valence electrons. The zero-order valence-corrected chi connectivity index (χ0v) is 19.0. The van der Waals surface area contributed by atoms with Crippen molar-refractivity contribution in [2.24, 2.45) is 0 Å². The number of aryl methyl sites for hydroxylation is 1. The molecule has 3 rings (SSSR count). The molecule has 2 aromatic carbocycles. The Balaban J connectivity index is 1.81. The molecule has 0 spiro atoms. The average Bonchev–Trinajstić information content (AvgIpc) is 3.09. The lowest BCUT2D eigenvalue weighted by Crippen LogP contribution is -2.34. The van der Waals surface area contributed by atoms with Crippen LogP contribution in [-0.4, -0.2) is 32.1 Å². The quantitative estimate of drug-likeness (QED) is 0.337. The molecule has 0 saturated heterocycles. The highest BCUT2D eigenvalue weighted by atomic mass is 35.5. The summed E-state index contributed by atoms with van der Waals surface area (Å²) in [5.74, 6) is 0.695. The summed E-state index contributed by atoms with van der Waals surface area (Å²) in [7, 11) is 0. The van der Waals surface area contributed by atoms with Crippen molar-refractivity contribution in [1.82, 2.24) is 19.7 Å². The number of nitrogens with one attached hydrogen (secondary N) is 1. The van der Waals surface area contributed by atoms with E-state index in [4.69, 9.17) is 23.8 Å². The monoisotopic (exact) mass is 442 g/mol. The van der Waals surface area contributed by atoms with Crippen LogP contribution in [0.15, 0.2) is 48.5 Å². The van der Waals surface area contributed by atoms with Crippen LogP contribution in [0.5, 0.6) is 0 Å². The molecule has 3 aromatic rings. The number of H-pyrrole nitrogens is 1. The lowest BCUT2D eigenvalue weighted by molar-refractivity contribution is -0.132. The zero-order valence-electron chi connectivity index (χ0n) is 17.4. The second-order valence-electron chi connectivity index (χ2n) is 7.45. The third kappa shape index (κ3) is 5.80. The molecule has 7 heteroatoms. The molecule has 0 fully saturated rings. The molecule has 1 N–H and O–H groups in total. The molecule has 0 unspecified atom stereocenters. The van der Waals surface area contributed by atoms with E-state index in [1.165, 1.54) is 5.56 Å². The Hall–Kier alpha value is -2.44. The second-order valence-corrected chi connectivity index (χ2v) is 8.28. The van der Waals surface area contributed by atoms with Crippen LogP contribution >= 0.6 is 23.8 Å². The van der Waals surface area contributed by atoms with Gasteiger partial charge in [0.25, 0.3) is 0 Å². The number of carbonyl (C=O) groups excluding carboxylic acids is 1. The zero-order chi connectivity index (χ0) is 21.5. The number of nitrogens with zero attached hydrogens (tertiary/aromatic N) is 3. The summed E-state index contributed by atoms with van der Waals surface area (Å²) in [5.41, 5.74) is 3.15. The number of halogens is 1. The van der Waals surface area contributed by atoms with E-state index in [1.807, 2.05) is 60.4 Å². The number of hydrogen-bond donors (Lipinski definition) is 1. The Morgan fingerprint density at radius 1 is 1.13 bits per heavy atom. The van der Waals surface area contributed by atoms with E-state index in [2.05, 4.69) is 17.1 Å². The van der Waals surface area contributed by atoms with Crippen LogP contribution in [0.25, 0.3) is 11.4 Å². The molecule has 0 radical (unpaired) electrons. The van der Waals surface area contributed by atoms with E-state index in [-0.39, 0.29) is 12.5 Å². The van der Waals surface area contributed by atoms with Crippen molar-refractivity contribution in [3.8, 4) is 11.4 Å². The number of aromatic amines is 1. The SMILES string of the molecule is CCCCCN(Cc1ccc(Cl)cc1)C(=O)Cn1c(-c2ccc(C)cc2)n[nH]c1=S. The van der Waals surface area contributed by atoms with E-state index in [1.54, 1.807) is 4.57 Å². The Morgan fingerprint density at radius 3 is 2.50 bits per heavy atom. The number of unbranched alkanes of at least 4 members (excludes halogenated alkanes) is 2. The maximum absolute atomic E-state index is 13.3. The third-order valence-electron chi connectivity index (χ3n) is 5.03. The minimum Gasteiger partial charge on any atom is -0.337 e. The van der Waals surface area contributed by atoms with Crippen LogP contribution < -0.4 is 0 Å². The van der Waals surface area contributed by atoms with Gasteiger partial charge in [-0.1, -0.05) is 73.3 Å². The van der Waals surface area contributed by atoms with Gasteiger partial charge in [0.2, 0.25) is 5.91 Å². The van der Waals surface area contributed by atoms with Gasteiger partial charge < -0.3 is 4.90 Å². The molecular formula is C23H27ClN4OS. The minimum atomic E-state index is 0.0203. The number of rotatable bonds is 9. The van der Waals surface area contributed by atoms with E-state index >= 15 is 0 Å². The molecule has 0 aliphatic rings. The van der Waals surface area contributed by atoms with Crippen molar-refractivity contribution >= 4 is 29.7 Å². The van der Waals surface area contributed by atoms with Crippen LogP contribution in [0.2, 0.25) is 5.02 Å². The first-order chi connectivity index (χ1) is 14.5.